The van der Waals surface area contributed by atoms with Crippen LogP contribution in [0.3, 0.4) is 0 Å². The molecule has 6 nitrogen and oxygen atoms in total. The SMILES string of the molecule is CC1CN=C(NCc2ccccc2S(N)(=O)=O)N1.I. The third-order valence-corrected chi connectivity index (χ3v) is 3.64. The molecule has 0 spiro atoms. The molecule has 1 unspecified atom stereocenters. The summed E-state index contributed by atoms with van der Waals surface area (Å²) in [6.07, 6.45) is 0. The Morgan fingerprint density at radius 3 is 2.74 bits per heavy atom. The van der Waals surface area contributed by atoms with Gasteiger partial charge in [0.1, 0.15) is 0 Å². The number of nitrogens with zero attached hydrogens (tertiary/aromatic N) is 1. The molecule has 0 saturated heterocycles. The van der Waals surface area contributed by atoms with Gasteiger partial charge >= 0.3 is 0 Å². The highest BCUT2D eigenvalue weighted by molar-refractivity contribution is 14.0. The van der Waals surface area contributed by atoms with Crippen molar-refractivity contribution in [1.82, 2.24) is 10.6 Å². The zero-order valence-corrected chi connectivity index (χ0v) is 13.6. The van der Waals surface area contributed by atoms with E-state index < -0.39 is 10.0 Å². The maximum Gasteiger partial charge on any atom is 0.238 e. The molecule has 1 heterocycles. The van der Waals surface area contributed by atoms with Crippen molar-refractivity contribution in [1.29, 1.82) is 0 Å². The first kappa shape index (κ1) is 16.2. The molecule has 0 saturated carbocycles. The van der Waals surface area contributed by atoms with Gasteiger partial charge in [0.15, 0.2) is 5.96 Å². The molecule has 1 atom stereocenters. The Labute approximate surface area is 129 Å². The van der Waals surface area contributed by atoms with Gasteiger partial charge in [-0.25, -0.2) is 13.6 Å². The minimum atomic E-state index is -3.69. The van der Waals surface area contributed by atoms with Crippen molar-refractivity contribution < 1.29 is 8.42 Å². The lowest BCUT2D eigenvalue weighted by atomic mass is 10.2. The van der Waals surface area contributed by atoms with Crippen LogP contribution in [0.5, 0.6) is 0 Å². The van der Waals surface area contributed by atoms with E-state index in [1.165, 1.54) is 6.07 Å². The van der Waals surface area contributed by atoms with Crippen LogP contribution < -0.4 is 15.8 Å². The van der Waals surface area contributed by atoms with E-state index in [0.717, 1.165) is 6.54 Å². The van der Waals surface area contributed by atoms with E-state index in [1.807, 2.05) is 6.92 Å². The van der Waals surface area contributed by atoms with E-state index >= 15 is 0 Å². The van der Waals surface area contributed by atoms with E-state index in [-0.39, 0.29) is 28.9 Å². The van der Waals surface area contributed by atoms with Crippen LogP contribution in [-0.4, -0.2) is 27.0 Å². The van der Waals surface area contributed by atoms with Gasteiger partial charge in [0, 0.05) is 12.6 Å². The zero-order valence-electron chi connectivity index (χ0n) is 10.5. The molecule has 106 valence electrons. The van der Waals surface area contributed by atoms with Crippen molar-refractivity contribution in [2.24, 2.45) is 10.1 Å². The molecule has 0 radical (unpaired) electrons. The van der Waals surface area contributed by atoms with E-state index in [9.17, 15) is 8.42 Å². The van der Waals surface area contributed by atoms with E-state index in [2.05, 4.69) is 15.6 Å². The number of benzene rings is 1. The lowest BCUT2D eigenvalue weighted by Gasteiger charge is -2.11. The number of rotatable bonds is 3. The summed E-state index contributed by atoms with van der Waals surface area (Å²) in [6.45, 7) is 3.11. The maximum absolute atomic E-state index is 11.4. The predicted octanol–water partition coefficient (Wildman–Crippen LogP) is 0.389. The maximum atomic E-state index is 11.4. The van der Waals surface area contributed by atoms with Crippen LogP contribution in [-0.2, 0) is 16.6 Å². The Morgan fingerprint density at radius 2 is 2.16 bits per heavy atom. The molecular formula is C11H17IN4O2S. The Bertz CT molecular complexity index is 574. The van der Waals surface area contributed by atoms with Gasteiger partial charge in [0.05, 0.1) is 11.4 Å². The number of hydrogen-bond donors (Lipinski definition) is 3. The Kier molecular flexibility index (Phi) is 5.56. The van der Waals surface area contributed by atoms with E-state index in [0.29, 0.717) is 24.1 Å². The molecule has 0 aromatic heterocycles. The molecular weight excluding hydrogens is 379 g/mol. The zero-order chi connectivity index (χ0) is 13.2. The predicted molar refractivity (Wildman–Crippen MR) is 85.0 cm³/mol. The monoisotopic (exact) mass is 396 g/mol. The Morgan fingerprint density at radius 1 is 1.47 bits per heavy atom. The molecule has 0 bridgehead atoms. The largest absolute Gasteiger partial charge is 0.352 e. The highest BCUT2D eigenvalue weighted by atomic mass is 127. The van der Waals surface area contributed by atoms with Gasteiger partial charge in [-0.3, -0.25) is 4.99 Å². The Balaban J connectivity index is 0.00000180. The van der Waals surface area contributed by atoms with Crippen LogP contribution >= 0.6 is 24.0 Å². The van der Waals surface area contributed by atoms with Crippen LogP contribution in [0.15, 0.2) is 34.2 Å². The molecule has 2 rings (SSSR count). The van der Waals surface area contributed by atoms with Crippen molar-refractivity contribution in [3.63, 3.8) is 0 Å². The number of guanidine groups is 1. The van der Waals surface area contributed by atoms with Crippen molar-refractivity contribution >= 4 is 40.0 Å². The smallest absolute Gasteiger partial charge is 0.238 e. The second-order valence-electron chi connectivity index (χ2n) is 4.24. The standard InChI is InChI=1S/C11H16N4O2S.HI/c1-8-6-13-11(15-8)14-7-9-4-2-3-5-10(9)18(12,16)17;/h2-5,8H,6-7H2,1H3,(H2,12,16,17)(H2,13,14,15);1H. The molecule has 8 heteroatoms. The summed E-state index contributed by atoms with van der Waals surface area (Å²) in [6, 6.07) is 6.96. The fraction of sp³-hybridized carbons (Fsp3) is 0.364. The highest BCUT2D eigenvalue weighted by Crippen LogP contribution is 2.13. The summed E-state index contributed by atoms with van der Waals surface area (Å²) in [7, 11) is -3.69. The first-order chi connectivity index (χ1) is 8.47. The fourth-order valence-corrected chi connectivity index (χ4v) is 2.54. The van der Waals surface area contributed by atoms with Gasteiger partial charge < -0.3 is 10.6 Å². The molecule has 1 aromatic carbocycles. The molecule has 1 aliphatic rings. The van der Waals surface area contributed by atoms with Gasteiger partial charge in [-0.1, -0.05) is 18.2 Å². The quantitative estimate of drug-likeness (QED) is 0.644. The Hall–Kier alpha value is -0.870. The summed E-state index contributed by atoms with van der Waals surface area (Å²) in [5, 5.41) is 11.4. The summed E-state index contributed by atoms with van der Waals surface area (Å²) >= 11 is 0. The van der Waals surface area contributed by atoms with E-state index in [4.69, 9.17) is 5.14 Å². The third-order valence-electron chi connectivity index (χ3n) is 2.63. The van der Waals surface area contributed by atoms with E-state index in [1.54, 1.807) is 18.2 Å². The van der Waals surface area contributed by atoms with Crippen LogP contribution in [0.25, 0.3) is 0 Å². The minimum Gasteiger partial charge on any atom is -0.352 e. The number of nitrogens with two attached hydrogens (primary N) is 1. The molecule has 4 N–H and O–H groups in total. The lowest BCUT2D eigenvalue weighted by molar-refractivity contribution is 0.596. The van der Waals surface area contributed by atoms with Gasteiger partial charge in [-0.2, -0.15) is 0 Å². The van der Waals surface area contributed by atoms with Crippen LogP contribution in [0, 0.1) is 0 Å². The van der Waals surface area contributed by atoms with Gasteiger partial charge in [-0.15, -0.1) is 24.0 Å². The van der Waals surface area contributed by atoms with Crippen molar-refractivity contribution in [2.75, 3.05) is 6.54 Å². The first-order valence-electron chi connectivity index (χ1n) is 5.62. The fourth-order valence-electron chi connectivity index (χ4n) is 1.77. The third kappa shape index (κ3) is 4.32. The second kappa shape index (κ2) is 6.53. The summed E-state index contributed by atoms with van der Waals surface area (Å²) in [5.41, 5.74) is 0.629. The number of sulfonamides is 1. The summed E-state index contributed by atoms with van der Waals surface area (Å²) in [5.74, 6) is 0.687. The summed E-state index contributed by atoms with van der Waals surface area (Å²) in [4.78, 5) is 4.38. The number of aliphatic imine (C=N–C) groups is 1. The lowest BCUT2D eigenvalue weighted by Crippen LogP contribution is -2.37. The number of primary sulfonamides is 1. The molecule has 0 aliphatic carbocycles. The second-order valence-corrected chi connectivity index (χ2v) is 5.77. The van der Waals surface area contributed by atoms with Gasteiger partial charge in [0.25, 0.3) is 0 Å². The molecule has 1 aliphatic heterocycles. The average Bonchev–Trinajstić information content (AvgIpc) is 2.72. The van der Waals surface area contributed by atoms with Crippen LogP contribution in [0.1, 0.15) is 12.5 Å². The number of nitrogens with one attached hydrogen (secondary N) is 2. The molecule has 0 fully saturated rings. The van der Waals surface area contributed by atoms with Gasteiger partial charge in [0.2, 0.25) is 10.0 Å². The van der Waals surface area contributed by atoms with Crippen LogP contribution in [0.4, 0.5) is 0 Å². The summed E-state index contributed by atoms with van der Waals surface area (Å²) < 4.78 is 22.8. The number of hydrogen-bond acceptors (Lipinski definition) is 5. The first-order valence-corrected chi connectivity index (χ1v) is 7.17. The topological polar surface area (TPSA) is 96.6 Å². The molecule has 0 amide bonds. The molecule has 1 aromatic rings. The normalized spacial score (nSPS) is 18.2. The average molecular weight is 396 g/mol. The van der Waals surface area contributed by atoms with Gasteiger partial charge in [-0.05, 0) is 18.6 Å². The minimum absolute atomic E-state index is 0. The molecule has 19 heavy (non-hydrogen) atoms. The highest BCUT2D eigenvalue weighted by Gasteiger charge is 2.15. The van der Waals surface area contributed by atoms with Crippen molar-refractivity contribution in [2.45, 2.75) is 24.4 Å². The van der Waals surface area contributed by atoms with Crippen molar-refractivity contribution in [3.8, 4) is 0 Å². The van der Waals surface area contributed by atoms with Crippen LogP contribution in [0.2, 0.25) is 0 Å². The number of halogens is 1. The van der Waals surface area contributed by atoms with Crippen molar-refractivity contribution in [3.05, 3.63) is 29.8 Å².